The van der Waals surface area contributed by atoms with E-state index in [2.05, 4.69) is 22.0 Å². The van der Waals surface area contributed by atoms with Gasteiger partial charge in [-0.15, -0.1) is 0 Å². The van der Waals surface area contributed by atoms with E-state index < -0.39 is 0 Å². The van der Waals surface area contributed by atoms with Crippen LogP contribution in [-0.4, -0.2) is 52.0 Å². The highest BCUT2D eigenvalue weighted by atomic mass is 35.5. The van der Waals surface area contributed by atoms with E-state index in [1.54, 1.807) is 24.3 Å². The van der Waals surface area contributed by atoms with Crippen LogP contribution < -0.4 is 0 Å². The van der Waals surface area contributed by atoms with E-state index in [0.717, 1.165) is 18.9 Å². The number of carbonyl (C=O) groups excluding carboxylic acids is 1. The maximum atomic E-state index is 12.6. The monoisotopic (exact) mass is 362 g/mol. The SMILES string of the molecule is CC(C)c1noc(C(C)N2CCN(C(=O)c3cccc(Cl)c3)CC2)n1. The van der Waals surface area contributed by atoms with Gasteiger partial charge in [-0.05, 0) is 25.1 Å². The molecule has 1 aromatic heterocycles. The minimum Gasteiger partial charge on any atom is -0.338 e. The van der Waals surface area contributed by atoms with Crippen LogP contribution in [0, 0.1) is 0 Å². The van der Waals surface area contributed by atoms with Crippen LogP contribution in [0.2, 0.25) is 5.02 Å². The van der Waals surface area contributed by atoms with Gasteiger partial charge < -0.3 is 9.42 Å². The van der Waals surface area contributed by atoms with Gasteiger partial charge in [0.1, 0.15) is 0 Å². The van der Waals surface area contributed by atoms with Gasteiger partial charge in [0.25, 0.3) is 5.91 Å². The van der Waals surface area contributed by atoms with Crippen LogP contribution in [0.1, 0.15) is 54.8 Å². The number of hydrogen-bond acceptors (Lipinski definition) is 5. The summed E-state index contributed by atoms with van der Waals surface area (Å²) in [6.45, 7) is 9.02. The van der Waals surface area contributed by atoms with Gasteiger partial charge in [0.2, 0.25) is 5.89 Å². The van der Waals surface area contributed by atoms with Crippen molar-refractivity contribution in [1.82, 2.24) is 19.9 Å². The highest BCUT2D eigenvalue weighted by Crippen LogP contribution is 2.22. The van der Waals surface area contributed by atoms with Crippen molar-refractivity contribution in [2.75, 3.05) is 26.2 Å². The summed E-state index contributed by atoms with van der Waals surface area (Å²) in [5.41, 5.74) is 0.632. The molecule has 1 amide bonds. The summed E-state index contributed by atoms with van der Waals surface area (Å²) in [6, 6.07) is 7.13. The summed E-state index contributed by atoms with van der Waals surface area (Å²) in [5.74, 6) is 1.64. The molecule has 134 valence electrons. The quantitative estimate of drug-likeness (QED) is 0.834. The van der Waals surface area contributed by atoms with Crippen LogP contribution in [-0.2, 0) is 0 Å². The number of piperazine rings is 1. The summed E-state index contributed by atoms with van der Waals surface area (Å²) in [5, 5.41) is 4.61. The molecule has 0 radical (unpaired) electrons. The molecule has 1 aliphatic rings. The molecule has 2 heterocycles. The average Bonchev–Trinajstić information content (AvgIpc) is 3.11. The van der Waals surface area contributed by atoms with Crippen molar-refractivity contribution in [2.45, 2.75) is 32.7 Å². The summed E-state index contributed by atoms with van der Waals surface area (Å²) >= 11 is 5.98. The molecule has 3 rings (SSSR count). The molecule has 1 atom stereocenters. The van der Waals surface area contributed by atoms with Gasteiger partial charge in [0.15, 0.2) is 5.82 Å². The van der Waals surface area contributed by atoms with Crippen LogP contribution in [0.15, 0.2) is 28.8 Å². The molecule has 1 fully saturated rings. The van der Waals surface area contributed by atoms with E-state index in [-0.39, 0.29) is 17.9 Å². The lowest BCUT2D eigenvalue weighted by Crippen LogP contribution is -2.49. The highest BCUT2D eigenvalue weighted by Gasteiger charge is 2.28. The minimum absolute atomic E-state index is 0.0229. The Kier molecular flexibility index (Phi) is 5.39. The lowest BCUT2D eigenvalue weighted by atomic mass is 10.1. The van der Waals surface area contributed by atoms with Gasteiger partial charge in [-0.25, -0.2) is 0 Å². The zero-order valence-electron chi connectivity index (χ0n) is 14.8. The second-order valence-corrected chi connectivity index (χ2v) is 7.10. The fourth-order valence-corrected chi connectivity index (χ4v) is 3.11. The van der Waals surface area contributed by atoms with Crippen LogP contribution in [0.3, 0.4) is 0 Å². The Balaban J connectivity index is 1.60. The largest absolute Gasteiger partial charge is 0.338 e. The maximum absolute atomic E-state index is 12.6. The van der Waals surface area contributed by atoms with Crippen LogP contribution in [0.4, 0.5) is 0 Å². The van der Waals surface area contributed by atoms with E-state index in [4.69, 9.17) is 16.1 Å². The molecule has 1 aliphatic heterocycles. The summed E-state index contributed by atoms with van der Waals surface area (Å²) in [6.07, 6.45) is 0. The van der Waals surface area contributed by atoms with Crippen molar-refractivity contribution < 1.29 is 9.32 Å². The zero-order valence-corrected chi connectivity index (χ0v) is 15.5. The average molecular weight is 363 g/mol. The third-order valence-electron chi connectivity index (χ3n) is 4.55. The lowest BCUT2D eigenvalue weighted by molar-refractivity contribution is 0.0551. The van der Waals surface area contributed by atoms with Gasteiger partial charge in [-0.2, -0.15) is 4.98 Å². The molecule has 0 bridgehead atoms. The third kappa shape index (κ3) is 4.02. The van der Waals surface area contributed by atoms with E-state index in [0.29, 0.717) is 29.6 Å². The van der Waals surface area contributed by atoms with E-state index in [1.165, 1.54) is 0 Å². The molecule has 0 aliphatic carbocycles. The molecule has 0 saturated carbocycles. The first-order valence-electron chi connectivity index (χ1n) is 8.58. The van der Waals surface area contributed by atoms with Gasteiger partial charge in [-0.1, -0.05) is 36.7 Å². The fraction of sp³-hybridized carbons (Fsp3) is 0.500. The fourth-order valence-electron chi connectivity index (χ4n) is 2.92. The van der Waals surface area contributed by atoms with Crippen LogP contribution in [0.25, 0.3) is 0 Å². The van der Waals surface area contributed by atoms with Crippen LogP contribution in [0.5, 0.6) is 0 Å². The second-order valence-electron chi connectivity index (χ2n) is 6.66. The number of amides is 1. The molecule has 7 heteroatoms. The van der Waals surface area contributed by atoms with Crippen molar-refractivity contribution in [3.8, 4) is 0 Å². The Bertz CT molecular complexity index is 738. The maximum Gasteiger partial charge on any atom is 0.253 e. The first-order valence-corrected chi connectivity index (χ1v) is 8.96. The standard InChI is InChI=1S/C18H23ClN4O2/c1-12(2)16-20-17(25-21-16)13(3)22-7-9-23(10-8-22)18(24)14-5-4-6-15(19)11-14/h4-6,11-13H,7-10H2,1-3H3. The molecular formula is C18H23ClN4O2. The Labute approximate surface area is 152 Å². The van der Waals surface area contributed by atoms with Gasteiger partial charge in [-0.3, -0.25) is 9.69 Å². The number of carbonyl (C=O) groups is 1. The zero-order chi connectivity index (χ0) is 18.0. The number of benzene rings is 1. The van der Waals surface area contributed by atoms with Crippen molar-refractivity contribution in [1.29, 1.82) is 0 Å². The van der Waals surface area contributed by atoms with Gasteiger partial charge in [0.05, 0.1) is 6.04 Å². The predicted molar refractivity (Wildman–Crippen MR) is 95.7 cm³/mol. The number of halogens is 1. The molecule has 25 heavy (non-hydrogen) atoms. The van der Waals surface area contributed by atoms with Crippen molar-refractivity contribution >= 4 is 17.5 Å². The molecule has 1 unspecified atom stereocenters. The number of rotatable bonds is 4. The molecule has 0 N–H and O–H groups in total. The number of aromatic nitrogens is 2. The third-order valence-corrected chi connectivity index (χ3v) is 4.79. The predicted octanol–water partition coefficient (Wildman–Crippen LogP) is 3.37. The van der Waals surface area contributed by atoms with Crippen molar-refractivity contribution in [3.63, 3.8) is 0 Å². The van der Waals surface area contributed by atoms with E-state index in [9.17, 15) is 4.79 Å². The van der Waals surface area contributed by atoms with Crippen molar-refractivity contribution in [3.05, 3.63) is 46.6 Å². The Hall–Kier alpha value is -1.92. The summed E-state index contributed by atoms with van der Waals surface area (Å²) < 4.78 is 5.40. The van der Waals surface area contributed by atoms with E-state index >= 15 is 0 Å². The Morgan fingerprint density at radius 3 is 2.52 bits per heavy atom. The minimum atomic E-state index is 0.0229. The van der Waals surface area contributed by atoms with Gasteiger partial charge >= 0.3 is 0 Å². The van der Waals surface area contributed by atoms with E-state index in [1.807, 2.05) is 18.7 Å². The molecule has 6 nitrogen and oxygen atoms in total. The smallest absolute Gasteiger partial charge is 0.253 e. The normalized spacial score (nSPS) is 17.1. The molecular weight excluding hydrogens is 340 g/mol. The summed E-state index contributed by atoms with van der Waals surface area (Å²) in [4.78, 5) is 21.2. The summed E-state index contributed by atoms with van der Waals surface area (Å²) in [7, 11) is 0. The lowest BCUT2D eigenvalue weighted by Gasteiger charge is -2.36. The molecule has 1 aromatic carbocycles. The second kappa shape index (κ2) is 7.54. The van der Waals surface area contributed by atoms with Crippen LogP contribution >= 0.6 is 11.6 Å². The Morgan fingerprint density at radius 2 is 1.92 bits per heavy atom. The highest BCUT2D eigenvalue weighted by molar-refractivity contribution is 6.30. The number of nitrogens with zero attached hydrogens (tertiary/aromatic N) is 4. The first-order chi connectivity index (χ1) is 12.0. The van der Waals surface area contributed by atoms with Crippen molar-refractivity contribution in [2.24, 2.45) is 0 Å². The molecule has 0 spiro atoms. The number of hydrogen-bond donors (Lipinski definition) is 0. The topological polar surface area (TPSA) is 62.5 Å². The molecule has 1 saturated heterocycles. The Morgan fingerprint density at radius 1 is 1.20 bits per heavy atom. The molecule has 2 aromatic rings. The first kappa shape index (κ1) is 17.9. The van der Waals surface area contributed by atoms with Gasteiger partial charge in [0, 0.05) is 42.7 Å².